The molecule has 142 valence electrons. The molecule has 0 aliphatic heterocycles. The van der Waals surface area contributed by atoms with Crippen LogP contribution in [0.5, 0.6) is 0 Å². The number of thiazole rings is 1. The minimum absolute atomic E-state index is 0.252. The number of carbonyl (C=O) groups excluding carboxylic acids is 1. The second-order valence-electron chi connectivity index (χ2n) is 6.21. The van der Waals surface area contributed by atoms with Crippen molar-refractivity contribution in [2.75, 3.05) is 5.32 Å². The number of aromatic nitrogens is 4. The van der Waals surface area contributed by atoms with Crippen molar-refractivity contribution < 1.29 is 4.79 Å². The lowest BCUT2D eigenvalue weighted by Crippen LogP contribution is -2.23. The van der Waals surface area contributed by atoms with E-state index in [1.807, 2.05) is 24.3 Å². The molecule has 7 nitrogen and oxygen atoms in total. The largest absolute Gasteiger partial charge is 0.296 e. The van der Waals surface area contributed by atoms with Crippen molar-refractivity contribution in [2.45, 2.75) is 0 Å². The van der Waals surface area contributed by atoms with Crippen LogP contribution in [-0.2, 0) is 0 Å². The number of carbonyl (C=O) groups is 1. The molecule has 1 N–H and O–H groups in total. The first-order chi connectivity index (χ1) is 14.1. The van der Waals surface area contributed by atoms with Crippen LogP contribution in [0.3, 0.4) is 0 Å². The lowest BCUT2D eigenvalue weighted by molar-refractivity contribution is 0.101. The predicted molar refractivity (Wildman–Crippen MR) is 113 cm³/mol. The summed E-state index contributed by atoms with van der Waals surface area (Å²) in [5.41, 5.74) is 1.73. The fourth-order valence-electron chi connectivity index (χ4n) is 3.09. The number of benzene rings is 2. The Morgan fingerprint density at radius 2 is 1.86 bits per heavy atom. The number of nitrogens with zero attached hydrogens (tertiary/aromatic N) is 4. The van der Waals surface area contributed by atoms with Gasteiger partial charge in [0.05, 0.1) is 15.9 Å². The number of nitrogens with one attached hydrogen (secondary N) is 1. The SMILES string of the molecule is O=C(Nc1nc2ccccc2s1)c1cc2nccc(=O)n2n1-c1ccc(Cl)cc1. The van der Waals surface area contributed by atoms with Crippen LogP contribution in [0.1, 0.15) is 10.5 Å². The molecule has 0 aliphatic carbocycles. The smallest absolute Gasteiger partial charge is 0.276 e. The maximum atomic E-state index is 13.1. The van der Waals surface area contributed by atoms with Crippen molar-refractivity contribution in [1.29, 1.82) is 0 Å². The fraction of sp³-hybridized carbons (Fsp3) is 0. The van der Waals surface area contributed by atoms with Gasteiger partial charge in [-0.15, -0.1) is 0 Å². The monoisotopic (exact) mass is 421 g/mol. The summed E-state index contributed by atoms with van der Waals surface area (Å²) in [5, 5.41) is 3.86. The molecule has 9 heteroatoms. The van der Waals surface area contributed by atoms with Gasteiger partial charge in [-0.05, 0) is 36.4 Å². The van der Waals surface area contributed by atoms with Crippen molar-refractivity contribution in [3.63, 3.8) is 0 Å². The predicted octanol–water partition coefficient (Wildman–Crippen LogP) is 4.00. The Morgan fingerprint density at radius 3 is 2.66 bits per heavy atom. The Labute approximate surface area is 172 Å². The van der Waals surface area contributed by atoms with Crippen LogP contribution in [0.25, 0.3) is 21.6 Å². The molecule has 0 spiro atoms. The van der Waals surface area contributed by atoms with Crippen LogP contribution in [0.2, 0.25) is 5.02 Å². The van der Waals surface area contributed by atoms with E-state index in [9.17, 15) is 9.59 Å². The van der Waals surface area contributed by atoms with Gasteiger partial charge >= 0.3 is 0 Å². The molecule has 0 saturated heterocycles. The zero-order valence-corrected chi connectivity index (χ0v) is 16.3. The molecule has 5 aromatic rings. The van der Waals surface area contributed by atoms with Crippen LogP contribution in [-0.4, -0.2) is 25.1 Å². The van der Waals surface area contributed by atoms with Gasteiger partial charge < -0.3 is 0 Å². The molecule has 5 rings (SSSR count). The number of halogens is 1. The second kappa shape index (κ2) is 6.84. The standard InChI is InChI=1S/C20H12ClN5O2S/c21-12-5-7-13(8-6-12)25-15(11-17-22-10-9-18(27)26(17)25)19(28)24-20-23-14-3-1-2-4-16(14)29-20/h1-11H,(H,23,24,28). The summed E-state index contributed by atoms with van der Waals surface area (Å²) in [6, 6.07) is 17.4. The molecule has 0 fully saturated rings. The van der Waals surface area contributed by atoms with Gasteiger partial charge in [0.25, 0.3) is 11.5 Å². The summed E-state index contributed by atoms with van der Waals surface area (Å²) < 4.78 is 3.83. The summed E-state index contributed by atoms with van der Waals surface area (Å²) >= 11 is 7.37. The minimum atomic E-state index is -0.399. The summed E-state index contributed by atoms with van der Waals surface area (Å²) in [6.45, 7) is 0. The molecule has 29 heavy (non-hydrogen) atoms. The van der Waals surface area contributed by atoms with Gasteiger partial charge in [0, 0.05) is 23.4 Å². The van der Waals surface area contributed by atoms with Crippen molar-refractivity contribution in [2.24, 2.45) is 0 Å². The van der Waals surface area contributed by atoms with Crippen LogP contribution >= 0.6 is 22.9 Å². The van der Waals surface area contributed by atoms with E-state index < -0.39 is 5.91 Å². The van der Waals surface area contributed by atoms with Crippen LogP contribution < -0.4 is 10.9 Å². The van der Waals surface area contributed by atoms with Crippen molar-refractivity contribution in [3.05, 3.63) is 87.9 Å². The molecular formula is C20H12ClN5O2S. The van der Waals surface area contributed by atoms with E-state index in [1.54, 1.807) is 30.3 Å². The van der Waals surface area contributed by atoms with Gasteiger partial charge in [-0.2, -0.15) is 4.52 Å². The minimum Gasteiger partial charge on any atom is -0.296 e. The number of hydrogen-bond acceptors (Lipinski definition) is 5. The van der Waals surface area contributed by atoms with Crippen LogP contribution in [0.15, 0.2) is 71.7 Å². The molecule has 1 amide bonds. The maximum absolute atomic E-state index is 13.1. The first-order valence-electron chi connectivity index (χ1n) is 8.63. The first-order valence-corrected chi connectivity index (χ1v) is 9.82. The van der Waals surface area contributed by atoms with Gasteiger partial charge in [0.1, 0.15) is 5.69 Å². The van der Waals surface area contributed by atoms with Gasteiger partial charge in [-0.1, -0.05) is 35.1 Å². The highest BCUT2D eigenvalue weighted by Gasteiger charge is 2.20. The average Bonchev–Trinajstić information content (AvgIpc) is 3.30. The Kier molecular flexibility index (Phi) is 4.15. The zero-order valence-electron chi connectivity index (χ0n) is 14.7. The molecule has 3 heterocycles. The Morgan fingerprint density at radius 1 is 1.07 bits per heavy atom. The number of anilines is 1. The molecule has 0 unspecified atom stereocenters. The molecule has 0 bridgehead atoms. The zero-order chi connectivity index (χ0) is 20.0. The Hall–Kier alpha value is -3.49. The van der Waals surface area contributed by atoms with E-state index in [4.69, 9.17) is 11.6 Å². The Balaban J connectivity index is 1.64. The quantitative estimate of drug-likeness (QED) is 0.477. The van der Waals surface area contributed by atoms with E-state index in [1.165, 1.54) is 32.8 Å². The lowest BCUT2D eigenvalue weighted by atomic mass is 10.3. The fourth-order valence-corrected chi connectivity index (χ4v) is 4.08. The number of rotatable bonds is 3. The highest BCUT2D eigenvalue weighted by Crippen LogP contribution is 2.26. The molecule has 3 aromatic heterocycles. The van der Waals surface area contributed by atoms with E-state index in [-0.39, 0.29) is 11.3 Å². The van der Waals surface area contributed by atoms with E-state index in [0.717, 1.165) is 10.2 Å². The summed E-state index contributed by atoms with van der Waals surface area (Å²) in [6.07, 6.45) is 1.42. The lowest BCUT2D eigenvalue weighted by Gasteiger charge is -2.10. The third-order valence-electron chi connectivity index (χ3n) is 4.36. The van der Waals surface area contributed by atoms with Crippen molar-refractivity contribution >= 4 is 49.8 Å². The van der Waals surface area contributed by atoms with Crippen molar-refractivity contribution in [3.8, 4) is 5.69 Å². The van der Waals surface area contributed by atoms with Gasteiger partial charge in [-0.25, -0.2) is 14.6 Å². The maximum Gasteiger partial charge on any atom is 0.276 e. The number of amides is 1. The van der Waals surface area contributed by atoms with Crippen LogP contribution in [0, 0.1) is 0 Å². The Bertz CT molecular complexity index is 1400. The van der Waals surface area contributed by atoms with E-state index in [2.05, 4.69) is 15.3 Å². The van der Waals surface area contributed by atoms with Gasteiger partial charge in [0.2, 0.25) is 0 Å². The van der Waals surface area contributed by atoms with E-state index >= 15 is 0 Å². The van der Waals surface area contributed by atoms with Gasteiger partial charge in [-0.3, -0.25) is 14.9 Å². The molecular weight excluding hydrogens is 410 g/mol. The van der Waals surface area contributed by atoms with Crippen molar-refractivity contribution in [1.82, 2.24) is 19.2 Å². The average molecular weight is 422 g/mol. The highest BCUT2D eigenvalue weighted by atomic mass is 35.5. The summed E-state index contributed by atoms with van der Waals surface area (Å²) in [4.78, 5) is 34.2. The number of hydrogen-bond donors (Lipinski definition) is 1. The second-order valence-corrected chi connectivity index (χ2v) is 7.68. The third kappa shape index (κ3) is 3.08. The van der Waals surface area contributed by atoms with Gasteiger partial charge in [0.15, 0.2) is 10.8 Å². The summed E-state index contributed by atoms with van der Waals surface area (Å²) in [7, 11) is 0. The number of fused-ring (bicyclic) bond motifs is 2. The normalized spacial score (nSPS) is 11.2. The molecule has 0 radical (unpaired) electrons. The first kappa shape index (κ1) is 17.6. The number of para-hydroxylation sites is 1. The summed E-state index contributed by atoms with van der Waals surface area (Å²) in [5.74, 6) is -0.399. The topological polar surface area (TPSA) is 81.3 Å². The van der Waals surface area contributed by atoms with Crippen LogP contribution in [0.4, 0.5) is 5.13 Å². The molecule has 0 saturated carbocycles. The highest BCUT2D eigenvalue weighted by molar-refractivity contribution is 7.22. The molecule has 0 aliphatic rings. The molecule has 2 aromatic carbocycles. The van der Waals surface area contributed by atoms with E-state index in [0.29, 0.717) is 21.5 Å². The third-order valence-corrected chi connectivity index (χ3v) is 5.57. The molecule has 0 atom stereocenters.